The second-order valence-electron chi connectivity index (χ2n) is 5.31. The zero-order valence-corrected chi connectivity index (χ0v) is 13.1. The maximum Gasteiger partial charge on any atom is 0.275 e. The van der Waals surface area contributed by atoms with Crippen LogP contribution in [0.2, 0.25) is 0 Å². The number of rotatable bonds is 1. The molecule has 1 heterocycles. The number of hydrogen-bond donors (Lipinski definition) is 0. The molecule has 3 heteroatoms. The first-order chi connectivity index (χ1) is 10.1. The topological polar surface area (TPSA) is 18.5 Å². The molecule has 2 nitrogen and oxygen atoms in total. The summed E-state index contributed by atoms with van der Waals surface area (Å²) in [6, 6.07) is 20.2. The molecule has 0 radical (unpaired) electrons. The van der Waals surface area contributed by atoms with Gasteiger partial charge in [-0.25, -0.2) is 0 Å². The molecule has 1 aliphatic heterocycles. The molecule has 0 bridgehead atoms. The molecular weight excluding hydrogens is 328 g/mol. The van der Waals surface area contributed by atoms with Gasteiger partial charge in [-0.2, -0.15) is 0 Å². The zero-order valence-electron chi connectivity index (χ0n) is 11.5. The summed E-state index contributed by atoms with van der Waals surface area (Å²) < 4.78 is 13.2. The Bertz CT molecular complexity index is 829. The van der Waals surface area contributed by atoms with Crippen molar-refractivity contribution in [1.82, 2.24) is 0 Å². The van der Waals surface area contributed by atoms with Crippen LogP contribution in [0.25, 0.3) is 10.8 Å². The third-order valence-electron chi connectivity index (χ3n) is 3.77. The molecule has 1 unspecified atom stereocenters. The fourth-order valence-electron chi connectivity index (χ4n) is 2.69. The van der Waals surface area contributed by atoms with Crippen molar-refractivity contribution in [2.45, 2.75) is 12.7 Å². The number of fused-ring (bicyclic) bond motifs is 2. The molecule has 21 heavy (non-hydrogen) atoms. The molecule has 0 aromatic heterocycles. The highest BCUT2D eigenvalue weighted by atomic mass is 79.9. The Morgan fingerprint density at radius 1 is 0.810 bits per heavy atom. The lowest BCUT2D eigenvalue weighted by atomic mass is 10.1. The molecule has 0 fully saturated rings. The van der Waals surface area contributed by atoms with Crippen LogP contribution in [0.1, 0.15) is 12.5 Å². The van der Waals surface area contributed by atoms with Crippen molar-refractivity contribution in [3.63, 3.8) is 0 Å². The van der Waals surface area contributed by atoms with Gasteiger partial charge in [-0.05, 0) is 35.0 Å². The van der Waals surface area contributed by atoms with Crippen LogP contribution in [0.15, 0.2) is 65.1 Å². The quantitative estimate of drug-likeness (QED) is 0.602. The van der Waals surface area contributed by atoms with Crippen LogP contribution in [0.3, 0.4) is 0 Å². The minimum absolute atomic E-state index is 0.766. The first-order valence-corrected chi connectivity index (χ1v) is 7.60. The predicted molar refractivity (Wildman–Crippen MR) is 86.7 cm³/mol. The fourth-order valence-corrected chi connectivity index (χ4v) is 3.06. The van der Waals surface area contributed by atoms with Gasteiger partial charge in [-0.3, -0.25) is 0 Å². The van der Waals surface area contributed by atoms with Crippen LogP contribution in [0.4, 0.5) is 0 Å². The van der Waals surface area contributed by atoms with E-state index >= 15 is 0 Å². The minimum atomic E-state index is -0.766. The third-order valence-corrected chi connectivity index (χ3v) is 4.27. The second kappa shape index (κ2) is 4.50. The van der Waals surface area contributed by atoms with Crippen molar-refractivity contribution in [3.8, 4) is 11.5 Å². The Balaban J connectivity index is 1.81. The van der Waals surface area contributed by atoms with E-state index < -0.39 is 5.79 Å². The van der Waals surface area contributed by atoms with Crippen LogP contribution in [0.5, 0.6) is 11.5 Å². The van der Waals surface area contributed by atoms with Crippen LogP contribution in [-0.2, 0) is 5.79 Å². The summed E-state index contributed by atoms with van der Waals surface area (Å²) in [5, 5.41) is 2.27. The molecule has 0 spiro atoms. The zero-order chi connectivity index (χ0) is 14.4. The van der Waals surface area contributed by atoms with Crippen molar-refractivity contribution in [3.05, 3.63) is 70.7 Å². The molecule has 1 atom stereocenters. The number of halogens is 1. The van der Waals surface area contributed by atoms with Crippen LogP contribution in [-0.4, -0.2) is 0 Å². The standard InChI is InChI=1S/C18H13BrO2/c1-18(14-5-3-2-4-6-14)20-16-10-12-7-8-15(19)9-13(12)11-17(16)21-18/h2-11H,1H3. The SMILES string of the molecule is CC1(c2ccccc2)Oc2cc3ccc(Br)cc3cc2O1. The van der Waals surface area contributed by atoms with Crippen molar-refractivity contribution in [2.24, 2.45) is 0 Å². The Morgan fingerprint density at radius 3 is 2.19 bits per heavy atom. The molecule has 3 aromatic rings. The Hall–Kier alpha value is -2.00. The molecule has 3 aromatic carbocycles. The number of hydrogen-bond acceptors (Lipinski definition) is 2. The van der Waals surface area contributed by atoms with E-state index in [1.54, 1.807) is 0 Å². The summed E-state index contributed by atoms with van der Waals surface area (Å²) in [6.45, 7) is 1.95. The molecule has 0 saturated carbocycles. The van der Waals surface area contributed by atoms with Gasteiger partial charge in [0, 0.05) is 17.0 Å². The summed E-state index contributed by atoms with van der Waals surface area (Å²) in [5.41, 5.74) is 1.01. The molecule has 0 amide bonds. The average molecular weight is 341 g/mol. The molecule has 0 aliphatic carbocycles. The van der Waals surface area contributed by atoms with E-state index in [2.05, 4.69) is 28.1 Å². The molecule has 1 aliphatic rings. The van der Waals surface area contributed by atoms with Gasteiger partial charge in [0.25, 0.3) is 5.79 Å². The molecule has 0 saturated heterocycles. The van der Waals surface area contributed by atoms with Gasteiger partial charge in [-0.15, -0.1) is 0 Å². The van der Waals surface area contributed by atoms with Crippen LogP contribution >= 0.6 is 15.9 Å². The first kappa shape index (κ1) is 12.7. The van der Waals surface area contributed by atoms with E-state index in [1.807, 2.05) is 55.5 Å². The van der Waals surface area contributed by atoms with E-state index in [-0.39, 0.29) is 0 Å². The van der Waals surface area contributed by atoms with Crippen LogP contribution in [0, 0.1) is 0 Å². The largest absolute Gasteiger partial charge is 0.445 e. The summed E-state index contributed by atoms with van der Waals surface area (Å²) in [5.74, 6) is 0.807. The first-order valence-electron chi connectivity index (χ1n) is 6.81. The van der Waals surface area contributed by atoms with Gasteiger partial charge < -0.3 is 9.47 Å². The summed E-state index contributed by atoms with van der Waals surface area (Å²) in [4.78, 5) is 0. The van der Waals surface area contributed by atoms with Gasteiger partial charge in [0.15, 0.2) is 11.5 Å². The highest BCUT2D eigenvalue weighted by Gasteiger charge is 2.38. The van der Waals surface area contributed by atoms with Gasteiger partial charge in [0.05, 0.1) is 0 Å². The van der Waals surface area contributed by atoms with Gasteiger partial charge in [0.1, 0.15) is 0 Å². The van der Waals surface area contributed by atoms with Gasteiger partial charge in [0.2, 0.25) is 0 Å². The maximum absolute atomic E-state index is 6.09. The molecular formula is C18H13BrO2. The predicted octanol–water partition coefficient (Wildman–Crippen LogP) is 5.25. The average Bonchev–Trinajstić information content (AvgIpc) is 2.82. The lowest BCUT2D eigenvalue weighted by Crippen LogP contribution is -2.31. The highest BCUT2D eigenvalue weighted by molar-refractivity contribution is 9.10. The summed E-state index contributed by atoms with van der Waals surface area (Å²) >= 11 is 3.50. The lowest BCUT2D eigenvalue weighted by molar-refractivity contribution is -0.0679. The number of ether oxygens (including phenoxy) is 2. The summed E-state index contributed by atoms with van der Waals surface area (Å²) in [7, 11) is 0. The second-order valence-corrected chi connectivity index (χ2v) is 6.22. The van der Waals surface area contributed by atoms with E-state index in [9.17, 15) is 0 Å². The van der Waals surface area contributed by atoms with E-state index in [0.29, 0.717) is 0 Å². The molecule has 104 valence electrons. The summed E-state index contributed by atoms with van der Waals surface area (Å²) in [6.07, 6.45) is 0. The Morgan fingerprint density at radius 2 is 1.48 bits per heavy atom. The van der Waals surface area contributed by atoms with E-state index in [4.69, 9.17) is 9.47 Å². The lowest BCUT2D eigenvalue weighted by Gasteiger charge is -2.23. The number of benzene rings is 3. The van der Waals surface area contributed by atoms with Gasteiger partial charge >= 0.3 is 0 Å². The van der Waals surface area contributed by atoms with Crippen LogP contribution < -0.4 is 9.47 Å². The van der Waals surface area contributed by atoms with Crippen molar-refractivity contribution in [2.75, 3.05) is 0 Å². The Labute approximate surface area is 131 Å². The minimum Gasteiger partial charge on any atom is -0.445 e. The van der Waals surface area contributed by atoms with Gasteiger partial charge in [-0.1, -0.05) is 52.3 Å². The molecule has 4 rings (SSSR count). The van der Waals surface area contributed by atoms with Crippen molar-refractivity contribution in [1.29, 1.82) is 0 Å². The highest BCUT2D eigenvalue weighted by Crippen LogP contribution is 2.46. The maximum atomic E-state index is 6.09. The Kier molecular flexibility index (Phi) is 2.73. The smallest absolute Gasteiger partial charge is 0.275 e. The van der Waals surface area contributed by atoms with Crippen molar-refractivity contribution < 1.29 is 9.47 Å². The monoisotopic (exact) mass is 340 g/mol. The van der Waals surface area contributed by atoms with E-state index in [1.165, 1.54) is 0 Å². The molecule has 0 N–H and O–H groups in total. The fraction of sp³-hybridized carbons (Fsp3) is 0.111. The van der Waals surface area contributed by atoms with Crippen molar-refractivity contribution >= 4 is 26.7 Å². The normalized spacial score (nSPS) is 19.9. The third kappa shape index (κ3) is 2.09. The van der Waals surface area contributed by atoms with E-state index in [0.717, 1.165) is 32.3 Å².